The van der Waals surface area contributed by atoms with Gasteiger partial charge in [0, 0.05) is 18.5 Å². The highest BCUT2D eigenvalue weighted by molar-refractivity contribution is 5.84. The molecule has 0 radical (unpaired) electrons. The molecule has 0 saturated carbocycles. The van der Waals surface area contributed by atoms with Crippen LogP contribution in [-0.2, 0) is 0 Å². The van der Waals surface area contributed by atoms with E-state index in [0.29, 0.717) is 11.8 Å². The summed E-state index contributed by atoms with van der Waals surface area (Å²) in [5.74, 6) is -0.320. The summed E-state index contributed by atoms with van der Waals surface area (Å²) in [5, 5.41) is 12.8. The lowest BCUT2D eigenvalue weighted by Crippen LogP contribution is -2.35. The molecule has 0 bridgehead atoms. The van der Waals surface area contributed by atoms with Crippen LogP contribution >= 0.6 is 0 Å². The second-order valence-corrected chi connectivity index (χ2v) is 6.81. The Bertz CT molecular complexity index is 685. The van der Waals surface area contributed by atoms with E-state index in [1.807, 2.05) is 0 Å². The summed E-state index contributed by atoms with van der Waals surface area (Å²) in [7, 11) is 0. The van der Waals surface area contributed by atoms with E-state index in [-0.39, 0.29) is 5.76 Å². The number of carbonyl (C=O) groups is 1. The molecule has 2 heterocycles. The number of aromatic carboxylic acids is 1. The van der Waals surface area contributed by atoms with E-state index < -0.39 is 5.97 Å². The third kappa shape index (κ3) is 3.85. The van der Waals surface area contributed by atoms with Crippen LogP contribution in [0.25, 0.3) is 0 Å². The van der Waals surface area contributed by atoms with Crippen LogP contribution in [0, 0.1) is 6.92 Å². The number of nitrogens with zero attached hydrogens (tertiary/aromatic N) is 2. The minimum absolute atomic E-state index is 0.0691. The fourth-order valence-electron chi connectivity index (χ4n) is 3.38. The molecule has 0 spiro atoms. The van der Waals surface area contributed by atoms with E-state index in [2.05, 4.69) is 48.2 Å². The highest BCUT2D eigenvalue weighted by atomic mass is 16.5. The fraction of sp³-hybridized carbons (Fsp3) is 0.474. The zero-order valence-corrected chi connectivity index (χ0v) is 14.2. The monoisotopic (exact) mass is 328 g/mol. The largest absolute Gasteiger partial charge is 0.475 e. The standard InChI is InChI=1S/C19H24N2O3/c1-13-3-5-15(6-4-13)14(2)12-21-9-7-16(8-10-21)17-11-18(19(22)23)24-20-17/h3-6,11,14,16H,7-10,12H2,1-2H3,(H,22,23). The van der Waals surface area contributed by atoms with Crippen LogP contribution in [-0.4, -0.2) is 40.8 Å². The quantitative estimate of drug-likeness (QED) is 0.907. The molecule has 0 aliphatic carbocycles. The van der Waals surface area contributed by atoms with Gasteiger partial charge in [-0.25, -0.2) is 4.79 Å². The summed E-state index contributed by atoms with van der Waals surface area (Å²) >= 11 is 0. The molecular weight excluding hydrogens is 304 g/mol. The number of piperidine rings is 1. The van der Waals surface area contributed by atoms with E-state index in [0.717, 1.165) is 38.2 Å². The molecule has 128 valence electrons. The van der Waals surface area contributed by atoms with Crippen LogP contribution in [0.15, 0.2) is 34.9 Å². The van der Waals surface area contributed by atoms with Crippen LogP contribution < -0.4 is 0 Å². The Balaban J connectivity index is 1.53. The number of benzene rings is 1. The number of likely N-dealkylation sites (tertiary alicyclic amines) is 1. The lowest BCUT2D eigenvalue weighted by atomic mass is 9.92. The van der Waals surface area contributed by atoms with E-state index in [1.54, 1.807) is 6.07 Å². The van der Waals surface area contributed by atoms with Crippen LogP contribution in [0.5, 0.6) is 0 Å². The van der Waals surface area contributed by atoms with Crippen molar-refractivity contribution in [2.75, 3.05) is 19.6 Å². The Morgan fingerprint density at radius 3 is 2.58 bits per heavy atom. The molecule has 1 saturated heterocycles. The highest BCUT2D eigenvalue weighted by Gasteiger charge is 2.25. The maximum absolute atomic E-state index is 10.9. The average molecular weight is 328 g/mol. The Kier molecular flexibility index (Phi) is 5.00. The zero-order valence-electron chi connectivity index (χ0n) is 14.2. The van der Waals surface area contributed by atoms with Gasteiger partial charge in [0.1, 0.15) is 0 Å². The molecular formula is C19H24N2O3. The molecule has 1 aliphatic rings. The predicted molar refractivity (Wildman–Crippen MR) is 91.5 cm³/mol. The van der Waals surface area contributed by atoms with Crippen molar-refractivity contribution in [2.45, 2.75) is 38.5 Å². The third-order valence-electron chi connectivity index (χ3n) is 4.92. The molecule has 1 fully saturated rings. The van der Waals surface area contributed by atoms with E-state index >= 15 is 0 Å². The molecule has 5 nitrogen and oxygen atoms in total. The van der Waals surface area contributed by atoms with Gasteiger partial charge in [-0.15, -0.1) is 0 Å². The zero-order chi connectivity index (χ0) is 17.1. The number of hydrogen-bond acceptors (Lipinski definition) is 4. The number of aryl methyl sites for hydroxylation is 1. The van der Waals surface area contributed by atoms with Gasteiger partial charge in [-0.2, -0.15) is 0 Å². The van der Waals surface area contributed by atoms with Crippen LogP contribution in [0.2, 0.25) is 0 Å². The first kappa shape index (κ1) is 16.7. The van der Waals surface area contributed by atoms with Crippen molar-refractivity contribution in [1.29, 1.82) is 0 Å². The smallest absolute Gasteiger partial charge is 0.374 e. The molecule has 1 N–H and O–H groups in total. The van der Waals surface area contributed by atoms with Crippen LogP contribution in [0.1, 0.15) is 59.0 Å². The van der Waals surface area contributed by atoms with E-state index in [4.69, 9.17) is 9.63 Å². The molecule has 0 amide bonds. The van der Waals surface area contributed by atoms with Gasteiger partial charge in [0.15, 0.2) is 0 Å². The van der Waals surface area contributed by atoms with Crippen molar-refractivity contribution in [1.82, 2.24) is 10.1 Å². The topological polar surface area (TPSA) is 66.6 Å². The van der Waals surface area contributed by atoms with Crippen molar-refractivity contribution in [2.24, 2.45) is 0 Å². The van der Waals surface area contributed by atoms with Crippen molar-refractivity contribution in [3.05, 3.63) is 52.9 Å². The highest BCUT2D eigenvalue weighted by Crippen LogP contribution is 2.29. The van der Waals surface area contributed by atoms with Gasteiger partial charge in [0.05, 0.1) is 5.69 Å². The molecule has 24 heavy (non-hydrogen) atoms. The second kappa shape index (κ2) is 7.18. The molecule has 1 aromatic heterocycles. The van der Waals surface area contributed by atoms with E-state index in [9.17, 15) is 4.79 Å². The first-order chi connectivity index (χ1) is 11.5. The maximum atomic E-state index is 10.9. The second-order valence-electron chi connectivity index (χ2n) is 6.81. The van der Waals surface area contributed by atoms with Gasteiger partial charge in [0.25, 0.3) is 0 Å². The number of aromatic nitrogens is 1. The minimum atomic E-state index is -1.06. The van der Waals surface area contributed by atoms with Gasteiger partial charge in [-0.3, -0.25) is 0 Å². The Labute approximate surface area is 142 Å². The van der Waals surface area contributed by atoms with Gasteiger partial charge < -0.3 is 14.5 Å². The summed E-state index contributed by atoms with van der Waals surface area (Å²) < 4.78 is 4.88. The maximum Gasteiger partial charge on any atom is 0.374 e. The van der Waals surface area contributed by atoms with Gasteiger partial charge in [0.2, 0.25) is 5.76 Å². The van der Waals surface area contributed by atoms with Gasteiger partial charge in [-0.1, -0.05) is 41.9 Å². The van der Waals surface area contributed by atoms with Gasteiger partial charge >= 0.3 is 5.97 Å². The van der Waals surface area contributed by atoms with Crippen molar-refractivity contribution in [3.63, 3.8) is 0 Å². The molecule has 1 aromatic carbocycles. The predicted octanol–water partition coefficient (Wildman–Crippen LogP) is 3.66. The summed E-state index contributed by atoms with van der Waals surface area (Å²) in [6.45, 7) is 7.45. The average Bonchev–Trinajstić information content (AvgIpc) is 3.06. The van der Waals surface area contributed by atoms with Crippen molar-refractivity contribution < 1.29 is 14.4 Å². The lowest BCUT2D eigenvalue weighted by Gasteiger charge is -2.32. The lowest BCUT2D eigenvalue weighted by molar-refractivity contribution is 0.0652. The minimum Gasteiger partial charge on any atom is -0.475 e. The Hall–Kier alpha value is -2.14. The van der Waals surface area contributed by atoms with Crippen LogP contribution in [0.4, 0.5) is 0 Å². The summed E-state index contributed by atoms with van der Waals surface area (Å²) in [4.78, 5) is 13.4. The van der Waals surface area contributed by atoms with E-state index in [1.165, 1.54) is 11.1 Å². The van der Waals surface area contributed by atoms with Crippen molar-refractivity contribution in [3.8, 4) is 0 Å². The number of rotatable bonds is 5. The fourth-order valence-corrected chi connectivity index (χ4v) is 3.38. The molecule has 1 atom stereocenters. The Morgan fingerprint density at radius 2 is 2.00 bits per heavy atom. The number of carboxylic acid groups (broad SMARTS) is 1. The summed E-state index contributed by atoms with van der Waals surface area (Å²) in [5.41, 5.74) is 3.45. The summed E-state index contributed by atoms with van der Waals surface area (Å²) in [6.07, 6.45) is 1.98. The first-order valence-electron chi connectivity index (χ1n) is 8.51. The summed E-state index contributed by atoms with van der Waals surface area (Å²) in [6, 6.07) is 10.3. The normalized spacial score (nSPS) is 17.8. The molecule has 1 unspecified atom stereocenters. The number of hydrogen-bond donors (Lipinski definition) is 1. The van der Waals surface area contributed by atoms with Crippen molar-refractivity contribution >= 4 is 5.97 Å². The molecule has 2 aromatic rings. The molecule has 5 heteroatoms. The molecule has 1 aliphatic heterocycles. The first-order valence-corrected chi connectivity index (χ1v) is 8.51. The molecule has 3 rings (SSSR count). The third-order valence-corrected chi connectivity index (χ3v) is 4.92. The van der Waals surface area contributed by atoms with Gasteiger partial charge in [-0.05, 0) is 44.3 Å². The van der Waals surface area contributed by atoms with Crippen LogP contribution in [0.3, 0.4) is 0 Å². The SMILES string of the molecule is Cc1ccc(C(C)CN2CCC(c3cc(C(=O)O)on3)CC2)cc1. The number of carboxylic acids is 1. The Morgan fingerprint density at radius 1 is 1.33 bits per heavy atom.